The minimum Gasteiger partial charge on any atom is -0.451 e. The Kier molecular flexibility index (Phi) is 6.52. The molecular weight excluding hydrogens is 310 g/mol. The van der Waals surface area contributed by atoms with Gasteiger partial charge >= 0.3 is 5.97 Å². The highest BCUT2D eigenvalue weighted by Crippen LogP contribution is 2.23. The normalized spacial score (nSPS) is 20.4. The summed E-state index contributed by atoms with van der Waals surface area (Å²) in [7, 11) is 0. The second-order valence-electron chi connectivity index (χ2n) is 6.38. The molecule has 1 N–H and O–H groups in total. The number of esters is 1. The molecule has 7 nitrogen and oxygen atoms in total. The topological polar surface area (TPSA) is 90.3 Å². The summed E-state index contributed by atoms with van der Waals surface area (Å²) in [6.45, 7) is 4.22. The Balaban J connectivity index is 1.83. The maximum atomic E-state index is 12.0. The lowest BCUT2D eigenvalue weighted by molar-refractivity contribution is -0.125. The fourth-order valence-corrected chi connectivity index (χ4v) is 2.81. The van der Waals surface area contributed by atoms with Crippen LogP contribution in [0.15, 0.2) is 16.9 Å². The van der Waals surface area contributed by atoms with Crippen LogP contribution < -0.4 is 10.9 Å². The van der Waals surface area contributed by atoms with Gasteiger partial charge in [0.1, 0.15) is 0 Å². The molecule has 0 atom stereocenters. The Bertz CT molecular complexity index is 633. The van der Waals surface area contributed by atoms with Crippen molar-refractivity contribution >= 4 is 11.9 Å². The van der Waals surface area contributed by atoms with Crippen molar-refractivity contribution in [2.75, 3.05) is 6.61 Å². The van der Waals surface area contributed by atoms with Gasteiger partial charge in [0.2, 0.25) is 0 Å². The maximum absolute atomic E-state index is 12.0. The summed E-state index contributed by atoms with van der Waals surface area (Å²) in [5.74, 6) is -0.294. The SMILES string of the molecule is CCCn1nc(C(=O)OCC(=O)NC2CCC(C)CC2)ccc1=O. The van der Waals surface area contributed by atoms with E-state index in [1.807, 2.05) is 6.92 Å². The van der Waals surface area contributed by atoms with Gasteiger partial charge in [0.15, 0.2) is 12.3 Å². The van der Waals surface area contributed by atoms with Crippen LogP contribution in [0.1, 0.15) is 56.4 Å². The van der Waals surface area contributed by atoms with Crippen LogP contribution in [0.2, 0.25) is 0 Å². The highest BCUT2D eigenvalue weighted by molar-refractivity contribution is 5.89. The van der Waals surface area contributed by atoms with E-state index in [9.17, 15) is 14.4 Å². The zero-order chi connectivity index (χ0) is 17.5. The second-order valence-corrected chi connectivity index (χ2v) is 6.38. The largest absolute Gasteiger partial charge is 0.451 e. The summed E-state index contributed by atoms with van der Waals surface area (Å²) in [6.07, 6.45) is 4.86. The first-order valence-electron chi connectivity index (χ1n) is 8.54. The van der Waals surface area contributed by atoms with E-state index in [1.54, 1.807) is 0 Å². The fraction of sp³-hybridized carbons (Fsp3) is 0.647. The summed E-state index contributed by atoms with van der Waals surface area (Å²) in [6, 6.07) is 2.76. The molecular formula is C17H25N3O4. The molecule has 0 bridgehead atoms. The van der Waals surface area contributed by atoms with Crippen LogP contribution in [-0.2, 0) is 16.1 Å². The van der Waals surface area contributed by atoms with Crippen molar-refractivity contribution in [2.45, 2.75) is 58.5 Å². The molecule has 1 aromatic rings. The summed E-state index contributed by atoms with van der Waals surface area (Å²) < 4.78 is 6.22. The van der Waals surface area contributed by atoms with Crippen molar-refractivity contribution in [1.82, 2.24) is 15.1 Å². The molecule has 1 aliphatic carbocycles. The van der Waals surface area contributed by atoms with Gasteiger partial charge in [0, 0.05) is 18.7 Å². The fourth-order valence-electron chi connectivity index (χ4n) is 2.81. The van der Waals surface area contributed by atoms with Crippen LogP contribution >= 0.6 is 0 Å². The minimum absolute atomic E-state index is 0.0299. The molecule has 1 heterocycles. The van der Waals surface area contributed by atoms with Crippen LogP contribution in [0.4, 0.5) is 0 Å². The lowest BCUT2D eigenvalue weighted by Gasteiger charge is -2.26. The van der Waals surface area contributed by atoms with Crippen LogP contribution in [-0.4, -0.2) is 34.3 Å². The third-order valence-corrected chi connectivity index (χ3v) is 4.23. The van der Waals surface area contributed by atoms with E-state index >= 15 is 0 Å². The Morgan fingerprint density at radius 1 is 1.29 bits per heavy atom. The monoisotopic (exact) mass is 335 g/mol. The van der Waals surface area contributed by atoms with Crippen LogP contribution in [0.3, 0.4) is 0 Å². The van der Waals surface area contributed by atoms with Crippen molar-refractivity contribution in [3.8, 4) is 0 Å². The molecule has 7 heteroatoms. The van der Waals surface area contributed by atoms with E-state index in [1.165, 1.54) is 16.8 Å². The van der Waals surface area contributed by atoms with Gasteiger partial charge < -0.3 is 10.1 Å². The van der Waals surface area contributed by atoms with E-state index in [0.29, 0.717) is 12.5 Å². The number of amides is 1. The number of carbonyl (C=O) groups is 2. The van der Waals surface area contributed by atoms with Crippen molar-refractivity contribution in [3.63, 3.8) is 0 Å². The molecule has 1 amide bonds. The molecule has 0 aliphatic heterocycles. The molecule has 0 unspecified atom stereocenters. The number of rotatable bonds is 6. The van der Waals surface area contributed by atoms with E-state index in [-0.39, 0.29) is 29.8 Å². The van der Waals surface area contributed by atoms with E-state index in [4.69, 9.17) is 4.74 Å². The first kappa shape index (κ1) is 18.2. The van der Waals surface area contributed by atoms with Gasteiger partial charge in [-0.15, -0.1) is 0 Å². The lowest BCUT2D eigenvalue weighted by Crippen LogP contribution is -2.39. The number of hydrogen-bond acceptors (Lipinski definition) is 5. The Morgan fingerprint density at radius 2 is 2.00 bits per heavy atom. The summed E-state index contributed by atoms with van der Waals surface area (Å²) in [4.78, 5) is 35.4. The third-order valence-electron chi connectivity index (χ3n) is 4.23. The Morgan fingerprint density at radius 3 is 2.67 bits per heavy atom. The van der Waals surface area contributed by atoms with Crippen molar-refractivity contribution < 1.29 is 14.3 Å². The number of aryl methyl sites for hydroxylation is 1. The number of hydrogen-bond donors (Lipinski definition) is 1. The van der Waals surface area contributed by atoms with Crippen molar-refractivity contribution in [1.29, 1.82) is 0 Å². The molecule has 132 valence electrons. The van der Waals surface area contributed by atoms with E-state index in [0.717, 1.165) is 32.1 Å². The first-order valence-corrected chi connectivity index (χ1v) is 8.54. The minimum atomic E-state index is -0.702. The summed E-state index contributed by atoms with van der Waals surface area (Å²) in [5, 5.41) is 6.86. The molecule has 1 aliphatic rings. The van der Waals surface area contributed by atoms with Crippen LogP contribution in [0.25, 0.3) is 0 Å². The maximum Gasteiger partial charge on any atom is 0.359 e. The molecule has 0 aromatic carbocycles. The van der Waals surface area contributed by atoms with Crippen molar-refractivity contribution in [3.05, 3.63) is 28.2 Å². The number of aromatic nitrogens is 2. The van der Waals surface area contributed by atoms with Crippen molar-refractivity contribution in [2.24, 2.45) is 5.92 Å². The zero-order valence-corrected chi connectivity index (χ0v) is 14.3. The zero-order valence-electron chi connectivity index (χ0n) is 14.3. The molecule has 0 saturated heterocycles. The third kappa shape index (κ3) is 5.18. The number of ether oxygens (including phenoxy) is 1. The smallest absolute Gasteiger partial charge is 0.359 e. The van der Waals surface area contributed by atoms with Gasteiger partial charge in [-0.3, -0.25) is 9.59 Å². The van der Waals surface area contributed by atoms with Crippen LogP contribution in [0.5, 0.6) is 0 Å². The number of nitrogens with one attached hydrogen (secondary N) is 1. The van der Waals surface area contributed by atoms with Gasteiger partial charge in [-0.1, -0.05) is 13.8 Å². The van der Waals surface area contributed by atoms with Gasteiger partial charge in [-0.2, -0.15) is 5.10 Å². The molecule has 1 fully saturated rings. The molecule has 1 aromatic heterocycles. The van der Waals surface area contributed by atoms with Crippen LogP contribution in [0, 0.1) is 5.92 Å². The summed E-state index contributed by atoms with van der Waals surface area (Å²) in [5.41, 5.74) is -0.236. The van der Waals surface area contributed by atoms with E-state index < -0.39 is 5.97 Å². The molecule has 0 spiro atoms. The van der Waals surface area contributed by atoms with Gasteiger partial charge in [0.05, 0.1) is 0 Å². The van der Waals surface area contributed by atoms with E-state index in [2.05, 4.69) is 17.3 Å². The van der Waals surface area contributed by atoms with Gasteiger partial charge in [-0.25, -0.2) is 9.48 Å². The molecule has 24 heavy (non-hydrogen) atoms. The number of nitrogens with zero attached hydrogens (tertiary/aromatic N) is 2. The highest BCUT2D eigenvalue weighted by Gasteiger charge is 2.20. The quantitative estimate of drug-likeness (QED) is 0.796. The predicted octanol–water partition coefficient (Wildman–Crippen LogP) is 1.50. The average molecular weight is 335 g/mol. The second kappa shape index (κ2) is 8.61. The predicted molar refractivity (Wildman–Crippen MR) is 88.6 cm³/mol. The first-order chi connectivity index (χ1) is 11.5. The molecule has 2 rings (SSSR count). The van der Waals surface area contributed by atoms with Gasteiger partial charge in [-0.05, 0) is 44.1 Å². The average Bonchev–Trinajstić information content (AvgIpc) is 2.57. The summed E-state index contributed by atoms with van der Waals surface area (Å²) >= 11 is 0. The standard InChI is InChI=1S/C17H25N3O4/c1-3-10-20-16(22)9-8-14(19-20)17(23)24-11-15(21)18-13-6-4-12(2)5-7-13/h8-9,12-13H,3-7,10-11H2,1-2H3,(H,18,21). The molecule has 1 saturated carbocycles. The Labute approximate surface area is 141 Å². The lowest BCUT2D eigenvalue weighted by atomic mass is 9.87. The number of carbonyl (C=O) groups excluding carboxylic acids is 2. The Hall–Kier alpha value is -2.18. The van der Waals surface area contributed by atoms with Gasteiger partial charge in [0.25, 0.3) is 11.5 Å². The highest BCUT2D eigenvalue weighted by atomic mass is 16.5. The molecule has 0 radical (unpaired) electrons.